The van der Waals surface area contributed by atoms with Crippen molar-refractivity contribution in [2.75, 3.05) is 12.4 Å². The number of thiophene rings is 1. The molecule has 1 aliphatic rings. The molecule has 0 saturated carbocycles. The highest BCUT2D eigenvalue weighted by Gasteiger charge is 2.28. The molecule has 1 aliphatic carbocycles. The zero-order valence-corrected chi connectivity index (χ0v) is 18.7. The van der Waals surface area contributed by atoms with Crippen molar-refractivity contribution in [2.45, 2.75) is 46.1 Å². The monoisotopic (exact) mass is 439 g/mol. The standard InChI is InChI=1S/C23H25N3O4S/c1-13(2)12-26-22(28)15-9-5-4-8-14(15)19(25-26)20(27)24-21-18(23(29)30-3)16-10-6-7-11-17(16)31-21/h4-5,8-9,13H,6-7,10-12H2,1-3H3,(H,24,27). The fourth-order valence-electron chi connectivity index (χ4n) is 4.01. The zero-order valence-electron chi connectivity index (χ0n) is 17.9. The van der Waals surface area contributed by atoms with Crippen LogP contribution in [0.5, 0.6) is 0 Å². The van der Waals surface area contributed by atoms with Gasteiger partial charge in [0.25, 0.3) is 11.5 Å². The predicted octanol–water partition coefficient (Wildman–Crippen LogP) is 4.03. The van der Waals surface area contributed by atoms with E-state index in [0.29, 0.717) is 27.9 Å². The van der Waals surface area contributed by atoms with Gasteiger partial charge in [-0.25, -0.2) is 9.48 Å². The van der Waals surface area contributed by atoms with Crippen LogP contribution in [0.4, 0.5) is 5.00 Å². The van der Waals surface area contributed by atoms with Gasteiger partial charge in [-0.2, -0.15) is 5.10 Å². The van der Waals surface area contributed by atoms with E-state index in [9.17, 15) is 14.4 Å². The fraction of sp³-hybridized carbons (Fsp3) is 0.391. The summed E-state index contributed by atoms with van der Waals surface area (Å²) in [5.74, 6) is -0.702. The number of hydrogen-bond acceptors (Lipinski definition) is 6. The second-order valence-corrected chi connectivity index (χ2v) is 9.24. The first kappa shape index (κ1) is 21.2. The van der Waals surface area contributed by atoms with Gasteiger partial charge >= 0.3 is 5.97 Å². The van der Waals surface area contributed by atoms with Gasteiger partial charge in [-0.15, -0.1) is 11.3 Å². The third-order valence-electron chi connectivity index (χ3n) is 5.41. The number of carbonyl (C=O) groups is 2. The van der Waals surface area contributed by atoms with Crippen molar-refractivity contribution >= 4 is 39.0 Å². The fourth-order valence-corrected chi connectivity index (χ4v) is 5.28. The van der Waals surface area contributed by atoms with Crippen LogP contribution in [0.25, 0.3) is 10.8 Å². The molecule has 31 heavy (non-hydrogen) atoms. The summed E-state index contributed by atoms with van der Waals surface area (Å²) < 4.78 is 6.34. The highest BCUT2D eigenvalue weighted by molar-refractivity contribution is 7.17. The molecule has 8 heteroatoms. The molecule has 4 rings (SSSR count). The summed E-state index contributed by atoms with van der Waals surface area (Å²) in [5, 5.41) is 8.71. The molecular weight excluding hydrogens is 414 g/mol. The molecule has 3 aromatic rings. The van der Waals surface area contributed by atoms with Gasteiger partial charge in [0.15, 0.2) is 5.69 Å². The number of anilines is 1. The van der Waals surface area contributed by atoms with Crippen LogP contribution in [-0.2, 0) is 24.1 Å². The van der Waals surface area contributed by atoms with Crippen molar-refractivity contribution in [1.82, 2.24) is 9.78 Å². The average Bonchev–Trinajstić information content (AvgIpc) is 3.12. The average molecular weight is 440 g/mol. The smallest absolute Gasteiger partial charge is 0.341 e. The Bertz CT molecular complexity index is 1230. The molecule has 0 unspecified atom stereocenters. The van der Waals surface area contributed by atoms with Gasteiger partial charge in [-0.05, 0) is 43.2 Å². The first-order chi connectivity index (χ1) is 14.9. The lowest BCUT2D eigenvalue weighted by Gasteiger charge is -2.13. The van der Waals surface area contributed by atoms with Crippen LogP contribution in [0.1, 0.15) is 58.0 Å². The quantitative estimate of drug-likeness (QED) is 0.606. The minimum absolute atomic E-state index is 0.165. The normalized spacial score (nSPS) is 13.3. The van der Waals surface area contributed by atoms with Crippen LogP contribution in [0.2, 0.25) is 0 Å². The Morgan fingerprint density at radius 1 is 1.19 bits per heavy atom. The van der Waals surface area contributed by atoms with E-state index in [1.165, 1.54) is 23.1 Å². The van der Waals surface area contributed by atoms with Crippen molar-refractivity contribution in [1.29, 1.82) is 0 Å². The largest absolute Gasteiger partial charge is 0.465 e. The van der Waals surface area contributed by atoms with Crippen molar-refractivity contribution in [2.24, 2.45) is 5.92 Å². The molecule has 0 fully saturated rings. The number of aromatic nitrogens is 2. The summed E-state index contributed by atoms with van der Waals surface area (Å²) in [6.07, 6.45) is 3.76. The maximum absolute atomic E-state index is 13.3. The number of nitrogens with one attached hydrogen (secondary N) is 1. The number of methoxy groups -OCH3 is 1. The number of fused-ring (bicyclic) bond motifs is 2. The molecule has 1 amide bonds. The number of benzene rings is 1. The van der Waals surface area contributed by atoms with Crippen molar-refractivity contribution < 1.29 is 14.3 Å². The Morgan fingerprint density at radius 3 is 2.61 bits per heavy atom. The number of nitrogens with zero attached hydrogens (tertiary/aromatic N) is 2. The van der Waals surface area contributed by atoms with Crippen LogP contribution in [0.3, 0.4) is 0 Å². The number of amides is 1. The van der Waals surface area contributed by atoms with Gasteiger partial charge in [-0.1, -0.05) is 32.0 Å². The highest BCUT2D eigenvalue weighted by Crippen LogP contribution is 2.38. The van der Waals surface area contributed by atoms with Crippen LogP contribution in [0.15, 0.2) is 29.1 Å². The second-order valence-electron chi connectivity index (χ2n) is 8.14. The lowest BCUT2D eigenvalue weighted by Crippen LogP contribution is -2.29. The third-order valence-corrected chi connectivity index (χ3v) is 6.62. The molecule has 0 bridgehead atoms. The van der Waals surface area contributed by atoms with E-state index in [1.807, 2.05) is 13.8 Å². The topological polar surface area (TPSA) is 90.3 Å². The molecule has 1 N–H and O–H groups in total. The Balaban J connectivity index is 1.79. The third kappa shape index (κ3) is 3.99. The van der Waals surface area contributed by atoms with Gasteiger partial charge in [0.1, 0.15) is 5.00 Å². The predicted molar refractivity (Wildman–Crippen MR) is 121 cm³/mol. The molecule has 1 aromatic carbocycles. The summed E-state index contributed by atoms with van der Waals surface area (Å²) in [6, 6.07) is 6.97. The maximum Gasteiger partial charge on any atom is 0.341 e. The van der Waals surface area contributed by atoms with Crippen LogP contribution in [0, 0.1) is 5.92 Å². The van der Waals surface area contributed by atoms with E-state index in [-0.39, 0.29) is 17.2 Å². The first-order valence-corrected chi connectivity index (χ1v) is 11.3. The number of ether oxygens (including phenoxy) is 1. The Morgan fingerprint density at radius 2 is 1.90 bits per heavy atom. The summed E-state index contributed by atoms with van der Waals surface area (Å²) in [5.41, 5.74) is 1.36. The van der Waals surface area contributed by atoms with E-state index >= 15 is 0 Å². The number of hydrogen-bond donors (Lipinski definition) is 1. The summed E-state index contributed by atoms with van der Waals surface area (Å²) in [4.78, 5) is 39.7. The number of rotatable bonds is 5. The second kappa shape index (κ2) is 8.63. The molecule has 0 aliphatic heterocycles. The van der Waals surface area contributed by atoms with Gasteiger partial charge in [-0.3, -0.25) is 9.59 Å². The highest BCUT2D eigenvalue weighted by atomic mass is 32.1. The SMILES string of the molecule is COC(=O)c1c(NC(=O)c2nn(CC(C)C)c(=O)c3ccccc23)sc2c1CCCC2. The molecular formula is C23H25N3O4S. The van der Waals surface area contributed by atoms with E-state index in [1.54, 1.807) is 24.3 Å². The Hall–Kier alpha value is -3.00. The lowest BCUT2D eigenvalue weighted by atomic mass is 9.95. The summed E-state index contributed by atoms with van der Waals surface area (Å²) in [6.45, 7) is 4.38. The van der Waals surface area contributed by atoms with Gasteiger partial charge in [0.2, 0.25) is 0 Å². The van der Waals surface area contributed by atoms with Gasteiger partial charge in [0, 0.05) is 16.8 Å². The Kier molecular flexibility index (Phi) is 5.91. The van der Waals surface area contributed by atoms with Crippen molar-refractivity contribution in [3.8, 4) is 0 Å². The minimum atomic E-state index is -0.447. The van der Waals surface area contributed by atoms with Crippen LogP contribution < -0.4 is 10.9 Å². The van der Waals surface area contributed by atoms with Crippen molar-refractivity contribution in [3.05, 3.63) is 56.3 Å². The molecule has 0 spiro atoms. The number of esters is 1. The molecule has 2 heterocycles. The lowest BCUT2D eigenvalue weighted by molar-refractivity contribution is 0.0601. The molecule has 0 saturated heterocycles. The summed E-state index contributed by atoms with van der Waals surface area (Å²) in [7, 11) is 1.34. The van der Waals surface area contributed by atoms with Crippen LogP contribution >= 0.6 is 11.3 Å². The molecule has 0 atom stereocenters. The zero-order chi connectivity index (χ0) is 22.1. The van der Waals surface area contributed by atoms with E-state index < -0.39 is 11.9 Å². The molecule has 2 aromatic heterocycles. The summed E-state index contributed by atoms with van der Waals surface area (Å²) >= 11 is 1.42. The Labute approximate surface area is 184 Å². The van der Waals surface area contributed by atoms with Gasteiger partial charge in [0.05, 0.1) is 18.1 Å². The van der Waals surface area contributed by atoms with Crippen molar-refractivity contribution in [3.63, 3.8) is 0 Å². The first-order valence-electron chi connectivity index (χ1n) is 10.4. The number of carbonyl (C=O) groups excluding carboxylic acids is 2. The van der Waals surface area contributed by atoms with E-state index in [0.717, 1.165) is 36.1 Å². The molecule has 162 valence electrons. The molecule has 7 nitrogen and oxygen atoms in total. The van der Waals surface area contributed by atoms with Gasteiger partial charge < -0.3 is 10.1 Å². The van der Waals surface area contributed by atoms with E-state index in [4.69, 9.17) is 4.74 Å². The maximum atomic E-state index is 13.3. The number of aryl methyl sites for hydroxylation is 1. The van der Waals surface area contributed by atoms with Crippen LogP contribution in [-0.4, -0.2) is 28.8 Å². The van der Waals surface area contributed by atoms with E-state index in [2.05, 4.69) is 10.4 Å². The minimum Gasteiger partial charge on any atom is -0.465 e. The molecule has 0 radical (unpaired) electrons.